The Morgan fingerprint density at radius 2 is 1.66 bits per heavy atom. The minimum absolute atomic E-state index is 0.0283. The highest BCUT2D eigenvalue weighted by molar-refractivity contribution is 5.63. The lowest BCUT2D eigenvalue weighted by atomic mass is 10.2. The van der Waals surface area contributed by atoms with Gasteiger partial charge < -0.3 is 14.4 Å². The highest BCUT2D eigenvalue weighted by atomic mass is 19.4. The number of nitrogens with zero attached hydrogens (tertiary/aromatic N) is 3. The van der Waals surface area contributed by atoms with Crippen LogP contribution >= 0.6 is 0 Å². The summed E-state index contributed by atoms with van der Waals surface area (Å²) in [7, 11) is 1.54. The van der Waals surface area contributed by atoms with E-state index < -0.39 is 11.7 Å². The van der Waals surface area contributed by atoms with Gasteiger partial charge in [0.15, 0.2) is 5.82 Å². The minimum Gasteiger partial charge on any atom is -0.488 e. The Labute approximate surface area is 168 Å². The lowest BCUT2D eigenvalue weighted by Crippen LogP contribution is -2.23. The monoisotopic (exact) mass is 409 g/mol. The van der Waals surface area contributed by atoms with Crippen LogP contribution in [0.5, 0.6) is 11.8 Å². The van der Waals surface area contributed by atoms with E-state index in [1.165, 1.54) is 11.9 Å². The van der Waals surface area contributed by atoms with Gasteiger partial charge in [0.25, 0.3) is 0 Å². The van der Waals surface area contributed by atoms with E-state index in [1.807, 2.05) is 20.8 Å². The number of aromatic nitrogens is 2. The molecule has 1 fully saturated rings. The molecule has 0 N–H and O–H groups in total. The van der Waals surface area contributed by atoms with Crippen LogP contribution < -0.4 is 14.4 Å². The molecular weight excluding hydrogens is 383 g/mol. The molecule has 5 nitrogen and oxygen atoms in total. The third-order valence-electron chi connectivity index (χ3n) is 4.59. The average molecular weight is 409 g/mol. The van der Waals surface area contributed by atoms with Gasteiger partial charge in [-0.1, -0.05) is 0 Å². The molecule has 1 aliphatic carbocycles. The Balaban J connectivity index is 1.89. The quantitative estimate of drug-likeness (QED) is 0.628. The van der Waals surface area contributed by atoms with E-state index in [0.29, 0.717) is 11.4 Å². The molecule has 1 heterocycles. The average Bonchev–Trinajstić information content (AvgIpc) is 3.12. The van der Waals surface area contributed by atoms with Crippen LogP contribution in [0.15, 0.2) is 30.5 Å². The van der Waals surface area contributed by atoms with Gasteiger partial charge in [0, 0.05) is 18.9 Å². The maximum absolute atomic E-state index is 13.5. The van der Waals surface area contributed by atoms with Crippen molar-refractivity contribution < 1.29 is 22.6 Å². The summed E-state index contributed by atoms with van der Waals surface area (Å²) in [5, 5.41) is 0. The van der Waals surface area contributed by atoms with E-state index >= 15 is 0 Å². The molecule has 158 valence electrons. The highest BCUT2D eigenvalue weighted by Gasteiger charge is 2.37. The molecule has 0 amide bonds. The fraction of sp³-hybridized carbons (Fsp3) is 0.524. The van der Waals surface area contributed by atoms with Gasteiger partial charge >= 0.3 is 12.2 Å². The van der Waals surface area contributed by atoms with Gasteiger partial charge in [-0.05, 0) is 70.7 Å². The van der Waals surface area contributed by atoms with Crippen molar-refractivity contribution in [3.8, 4) is 11.8 Å². The smallest absolute Gasteiger partial charge is 0.421 e. The molecule has 0 radical (unpaired) electrons. The van der Waals surface area contributed by atoms with Crippen molar-refractivity contribution in [3.05, 3.63) is 36.0 Å². The Hall–Kier alpha value is -2.51. The van der Waals surface area contributed by atoms with Gasteiger partial charge in [-0.15, -0.1) is 0 Å². The maximum atomic E-state index is 13.5. The molecule has 0 atom stereocenters. The van der Waals surface area contributed by atoms with Crippen molar-refractivity contribution in [2.24, 2.45) is 0 Å². The molecule has 29 heavy (non-hydrogen) atoms. The van der Waals surface area contributed by atoms with Gasteiger partial charge in [0.1, 0.15) is 23.0 Å². The zero-order valence-corrected chi connectivity index (χ0v) is 17.1. The Morgan fingerprint density at radius 1 is 1.03 bits per heavy atom. The number of alkyl halides is 3. The summed E-state index contributed by atoms with van der Waals surface area (Å²) in [5.41, 5.74) is -0.730. The van der Waals surface area contributed by atoms with E-state index in [1.54, 1.807) is 24.3 Å². The second-order valence-corrected chi connectivity index (χ2v) is 8.18. The summed E-state index contributed by atoms with van der Waals surface area (Å²) >= 11 is 0. The van der Waals surface area contributed by atoms with Crippen molar-refractivity contribution in [1.29, 1.82) is 0 Å². The molecule has 0 aliphatic heterocycles. The highest BCUT2D eigenvalue weighted by Crippen LogP contribution is 2.38. The number of hydrogen-bond donors (Lipinski definition) is 0. The molecule has 2 aromatic rings. The zero-order chi connectivity index (χ0) is 21.2. The molecule has 1 aliphatic rings. The summed E-state index contributed by atoms with van der Waals surface area (Å²) < 4.78 is 52.1. The fourth-order valence-electron chi connectivity index (χ4n) is 3.24. The standard InChI is InChI=1S/C21H26F3N3O2/c1-20(2,3)29-16-11-9-14(10-12-16)27(4)18-17(21(22,23)24)13-25-19(26-18)28-15-7-5-6-8-15/h9-13,15H,5-8H2,1-4H3. The normalized spacial score (nSPS) is 15.4. The number of halogens is 3. The number of rotatable bonds is 5. The van der Waals surface area contributed by atoms with Crippen LogP contribution in [0.3, 0.4) is 0 Å². The van der Waals surface area contributed by atoms with Gasteiger partial charge in [0.05, 0.1) is 0 Å². The molecule has 1 aromatic heterocycles. The van der Waals surface area contributed by atoms with E-state index in [4.69, 9.17) is 9.47 Å². The molecule has 1 aromatic carbocycles. The predicted molar refractivity (Wildman–Crippen MR) is 105 cm³/mol. The summed E-state index contributed by atoms with van der Waals surface area (Å²) in [6.45, 7) is 5.78. The van der Waals surface area contributed by atoms with Crippen LogP contribution in [0.1, 0.15) is 52.0 Å². The third-order valence-corrected chi connectivity index (χ3v) is 4.59. The first kappa shape index (κ1) is 21.2. The molecule has 0 spiro atoms. The fourth-order valence-corrected chi connectivity index (χ4v) is 3.24. The Morgan fingerprint density at radius 3 is 2.21 bits per heavy atom. The largest absolute Gasteiger partial charge is 0.488 e. The van der Waals surface area contributed by atoms with Gasteiger partial charge in [-0.2, -0.15) is 18.2 Å². The van der Waals surface area contributed by atoms with Gasteiger partial charge in [0.2, 0.25) is 0 Å². The van der Waals surface area contributed by atoms with Crippen LogP contribution in [0.25, 0.3) is 0 Å². The van der Waals surface area contributed by atoms with E-state index in [2.05, 4.69) is 9.97 Å². The first-order valence-corrected chi connectivity index (χ1v) is 9.67. The van der Waals surface area contributed by atoms with E-state index in [0.717, 1.165) is 31.9 Å². The molecule has 3 rings (SSSR count). The Kier molecular flexibility index (Phi) is 5.91. The molecule has 0 unspecified atom stereocenters. The molecular formula is C21H26F3N3O2. The first-order chi connectivity index (χ1) is 13.5. The summed E-state index contributed by atoms with van der Waals surface area (Å²) in [6.07, 6.45) is -0.0124. The van der Waals surface area contributed by atoms with Crippen LogP contribution in [-0.4, -0.2) is 28.7 Å². The first-order valence-electron chi connectivity index (χ1n) is 9.67. The Bertz CT molecular complexity index is 827. The number of hydrogen-bond acceptors (Lipinski definition) is 5. The van der Waals surface area contributed by atoms with Crippen molar-refractivity contribution in [3.63, 3.8) is 0 Å². The SMILES string of the molecule is CN(c1ccc(OC(C)(C)C)cc1)c1nc(OC2CCCC2)ncc1C(F)(F)F. The van der Waals surface area contributed by atoms with Crippen LogP contribution in [0.2, 0.25) is 0 Å². The van der Waals surface area contributed by atoms with Crippen molar-refractivity contribution in [2.45, 2.75) is 64.3 Å². The molecule has 8 heteroatoms. The van der Waals surface area contributed by atoms with Crippen molar-refractivity contribution in [1.82, 2.24) is 9.97 Å². The number of anilines is 2. The zero-order valence-electron chi connectivity index (χ0n) is 17.1. The predicted octanol–water partition coefficient (Wildman–Crippen LogP) is 5.76. The van der Waals surface area contributed by atoms with Crippen LogP contribution in [0.4, 0.5) is 24.7 Å². The molecule has 0 saturated heterocycles. The lowest BCUT2D eigenvalue weighted by molar-refractivity contribution is -0.137. The van der Waals surface area contributed by atoms with Crippen LogP contribution in [-0.2, 0) is 6.18 Å². The summed E-state index contributed by atoms with van der Waals surface area (Å²) in [6, 6.07) is 6.81. The second kappa shape index (κ2) is 8.08. The second-order valence-electron chi connectivity index (χ2n) is 8.18. The van der Waals surface area contributed by atoms with E-state index in [-0.39, 0.29) is 23.5 Å². The third kappa shape index (κ3) is 5.52. The molecule has 1 saturated carbocycles. The van der Waals surface area contributed by atoms with Crippen LogP contribution in [0, 0.1) is 0 Å². The molecule has 0 bridgehead atoms. The van der Waals surface area contributed by atoms with Gasteiger partial charge in [-0.25, -0.2) is 4.98 Å². The minimum atomic E-state index is -4.58. The lowest BCUT2D eigenvalue weighted by Gasteiger charge is -2.24. The number of ether oxygens (including phenoxy) is 2. The number of benzene rings is 1. The summed E-state index contributed by atoms with van der Waals surface area (Å²) in [4.78, 5) is 9.28. The van der Waals surface area contributed by atoms with E-state index in [9.17, 15) is 13.2 Å². The van der Waals surface area contributed by atoms with Crippen molar-refractivity contribution >= 4 is 11.5 Å². The summed E-state index contributed by atoms with van der Waals surface area (Å²) in [5.74, 6) is 0.392. The van der Waals surface area contributed by atoms with Gasteiger partial charge in [-0.3, -0.25) is 0 Å². The topological polar surface area (TPSA) is 47.5 Å². The maximum Gasteiger partial charge on any atom is 0.421 e. The van der Waals surface area contributed by atoms with Crippen molar-refractivity contribution in [2.75, 3.05) is 11.9 Å².